The van der Waals surface area contributed by atoms with Gasteiger partial charge in [0.15, 0.2) is 15.5 Å². The number of thiazole rings is 1. The van der Waals surface area contributed by atoms with Gasteiger partial charge in [-0.3, -0.25) is 14.0 Å². The summed E-state index contributed by atoms with van der Waals surface area (Å²) in [5.74, 6) is 1.10. The van der Waals surface area contributed by atoms with Crippen LogP contribution in [0.1, 0.15) is 23.5 Å². The summed E-state index contributed by atoms with van der Waals surface area (Å²) >= 11 is 6.66. The van der Waals surface area contributed by atoms with Crippen LogP contribution in [0, 0.1) is 3.95 Å². The molecule has 0 bridgehead atoms. The number of nitrogens with zero attached hydrogens (tertiary/aromatic N) is 1. The van der Waals surface area contributed by atoms with Crippen LogP contribution in [-0.2, 0) is 0 Å². The van der Waals surface area contributed by atoms with Gasteiger partial charge in [-0.2, -0.15) is 0 Å². The molecule has 32 heavy (non-hydrogen) atoms. The number of aromatic amines is 1. The maximum absolute atomic E-state index is 13.1. The average molecular weight is 472 g/mol. The second-order valence-electron chi connectivity index (χ2n) is 6.67. The van der Waals surface area contributed by atoms with E-state index >= 15 is 0 Å². The van der Waals surface area contributed by atoms with Crippen molar-refractivity contribution in [2.45, 2.75) is 13.8 Å². The first kappa shape index (κ1) is 21.8. The van der Waals surface area contributed by atoms with Gasteiger partial charge in [-0.05, 0) is 44.3 Å². The minimum atomic E-state index is -0.404. The number of rotatable bonds is 7. The molecule has 1 amide bonds. The molecule has 2 heterocycles. The fraction of sp³-hybridized carbons (Fsp3) is 0.227. The first-order valence-corrected chi connectivity index (χ1v) is 11.2. The Labute approximate surface area is 192 Å². The van der Waals surface area contributed by atoms with Crippen LogP contribution in [0.5, 0.6) is 17.2 Å². The van der Waals surface area contributed by atoms with Crippen molar-refractivity contribution in [2.75, 3.05) is 25.6 Å². The number of para-hydroxylation sites is 2. The molecular weight excluding hydrogens is 450 g/mol. The molecular formula is C22H21N3O5S2. The van der Waals surface area contributed by atoms with Crippen molar-refractivity contribution in [3.8, 4) is 17.2 Å². The maximum Gasteiger partial charge on any atom is 0.269 e. The summed E-state index contributed by atoms with van der Waals surface area (Å²) in [6, 6.07) is 10.4. The molecule has 0 radical (unpaired) electrons. The fourth-order valence-corrected chi connectivity index (χ4v) is 4.69. The number of nitrogens with one attached hydrogen (secondary N) is 2. The van der Waals surface area contributed by atoms with E-state index in [1.54, 1.807) is 34.7 Å². The first-order valence-electron chi connectivity index (χ1n) is 9.94. The number of fused-ring (bicyclic) bond motifs is 3. The zero-order valence-corrected chi connectivity index (χ0v) is 19.3. The Balaban J connectivity index is 1.90. The number of ether oxygens (including phenoxy) is 3. The summed E-state index contributed by atoms with van der Waals surface area (Å²) in [5.41, 5.74) is 1.01. The molecule has 0 aliphatic carbocycles. The van der Waals surface area contributed by atoms with Gasteiger partial charge < -0.3 is 24.5 Å². The molecule has 0 aliphatic rings. The minimum absolute atomic E-state index is 0.284. The third-order valence-electron chi connectivity index (χ3n) is 4.75. The number of benzene rings is 2. The zero-order valence-electron chi connectivity index (χ0n) is 17.7. The molecule has 0 fully saturated rings. The van der Waals surface area contributed by atoms with Crippen molar-refractivity contribution in [1.82, 2.24) is 9.38 Å². The lowest BCUT2D eigenvalue weighted by Crippen LogP contribution is -2.15. The molecule has 2 aromatic carbocycles. The number of aromatic nitrogens is 2. The van der Waals surface area contributed by atoms with E-state index in [1.807, 2.05) is 19.9 Å². The summed E-state index contributed by atoms with van der Waals surface area (Å²) in [6.45, 7) is 4.58. The average Bonchev–Trinajstić information content (AvgIpc) is 3.11. The van der Waals surface area contributed by atoms with Crippen molar-refractivity contribution < 1.29 is 19.0 Å². The van der Waals surface area contributed by atoms with Crippen LogP contribution in [0.2, 0.25) is 0 Å². The minimum Gasteiger partial charge on any atom is -0.495 e. The van der Waals surface area contributed by atoms with E-state index in [2.05, 4.69) is 10.3 Å². The van der Waals surface area contributed by atoms with Gasteiger partial charge in [0.2, 0.25) is 0 Å². The van der Waals surface area contributed by atoms with Crippen LogP contribution in [0.25, 0.3) is 16.6 Å². The highest BCUT2D eigenvalue weighted by Crippen LogP contribution is 2.33. The van der Waals surface area contributed by atoms with Crippen LogP contribution < -0.4 is 25.1 Å². The van der Waals surface area contributed by atoms with E-state index in [0.29, 0.717) is 56.7 Å². The third-order valence-corrected chi connectivity index (χ3v) is 6.12. The second-order valence-corrected chi connectivity index (χ2v) is 8.32. The molecule has 0 saturated heterocycles. The number of carbonyl (C=O) groups excluding carboxylic acids is 1. The second kappa shape index (κ2) is 9.01. The Kier molecular flexibility index (Phi) is 6.15. The number of H-pyrrole nitrogens is 1. The van der Waals surface area contributed by atoms with Crippen molar-refractivity contribution in [2.24, 2.45) is 0 Å². The molecule has 4 rings (SSSR count). The van der Waals surface area contributed by atoms with Gasteiger partial charge in [0.05, 0.1) is 36.9 Å². The highest BCUT2D eigenvalue weighted by molar-refractivity contribution is 7.73. The highest BCUT2D eigenvalue weighted by atomic mass is 32.1. The number of amides is 1. The largest absolute Gasteiger partial charge is 0.495 e. The summed E-state index contributed by atoms with van der Waals surface area (Å²) in [6.07, 6.45) is 0. The summed E-state index contributed by atoms with van der Waals surface area (Å²) < 4.78 is 18.7. The predicted octanol–water partition coefficient (Wildman–Crippen LogP) is 4.63. The van der Waals surface area contributed by atoms with E-state index in [9.17, 15) is 9.59 Å². The van der Waals surface area contributed by atoms with E-state index in [4.69, 9.17) is 26.4 Å². The molecule has 8 nitrogen and oxygen atoms in total. The zero-order chi connectivity index (χ0) is 22.8. The van der Waals surface area contributed by atoms with Gasteiger partial charge >= 0.3 is 0 Å². The molecule has 0 atom stereocenters. The predicted molar refractivity (Wildman–Crippen MR) is 128 cm³/mol. The van der Waals surface area contributed by atoms with E-state index in [0.717, 1.165) is 11.3 Å². The Morgan fingerprint density at radius 2 is 1.81 bits per heavy atom. The maximum atomic E-state index is 13.1. The SMILES string of the molecule is CCOc1cc2c(=O)[nH]c3c(C(=O)Nc4ccccc4OC)sc(=S)n3c2cc1OCC. The van der Waals surface area contributed by atoms with Crippen LogP contribution in [0.3, 0.4) is 0 Å². The van der Waals surface area contributed by atoms with Gasteiger partial charge in [0, 0.05) is 6.07 Å². The van der Waals surface area contributed by atoms with Crippen molar-refractivity contribution in [3.63, 3.8) is 0 Å². The van der Waals surface area contributed by atoms with Crippen molar-refractivity contribution >= 4 is 51.7 Å². The topological polar surface area (TPSA) is 94.1 Å². The van der Waals surface area contributed by atoms with E-state index < -0.39 is 5.91 Å². The molecule has 2 N–H and O–H groups in total. The smallest absolute Gasteiger partial charge is 0.269 e. The monoisotopic (exact) mass is 471 g/mol. The molecule has 2 aromatic heterocycles. The standard InChI is InChI=1S/C22H21N3O5S2/c1-4-29-16-10-12-14(11-17(16)30-5-2)25-19(24-20(12)26)18(32-22(25)31)21(27)23-13-8-6-7-9-15(13)28-3/h6-11H,4-5H2,1-3H3,(H,23,27)(H,24,26). The van der Waals surface area contributed by atoms with Gasteiger partial charge in [0.1, 0.15) is 16.3 Å². The quantitative estimate of drug-likeness (QED) is 0.382. The lowest BCUT2D eigenvalue weighted by atomic mass is 10.2. The Hall–Kier alpha value is -3.37. The van der Waals surface area contributed by atoms with Crippen LogP contribution in [-0.4, -0.2) is 35.6 Å². The van der Waals surface area contributed by atoms with E-state index in [-0.39, 0.29) is 10.4 Å². The lowest BCUT2D eigenvalue weighted by molar-refractivity contribution is 0.103. The number of anilines is 1. The summed E-state index contributed by atoms with van der Waals surface area (Å²) in [4.78, 5) is 29.1. The number of hydrogen-bond acceptors (Lipinski definition) is 7. The van der Waals surface area contributed by atoms with Crippen LogP contribution in [0.15, 0.2) is 41.2 Å². The summed E-state index contributed by atoms with van der Waals surface area (Å²) in [5, 5.41) is 3.21. The molecule has 10 heteroatoms. The number of methoxy groups -OCH3 is 1. The highest BCUT2D eigenvalue weighted by Gasteiger charge is 2.20. The fourth-order valence-electron chi connectivity index (χ4n) is 3.41. The van der Waals surface area contributed by atoms with Crippen LogP contribution >= 0.6 is 23.6 Å². The number of hydrogen-bond donors (Lipinski definition) is 2. The molecule has 0 unspecified atom stereocenters. The first-order chi connectivity index (χ1) is 15.5. The van der Waals surface area contributed by atoms with E-state index in [1.165, 1.54) is 7.11 Å². The molecule has 166 valence electrons. The Morgan fingerprint density at radius 1 is 1.12 bits per heavy atom. The third kappa shape index (κ3) is 3.82. The van der Waals surface area contributed by atoms with Gasteiger partial charge in [-0.1, -0.05) is 23.5 Å². The molecule has 0 spiro atoms. The lowest BCUT2D eigenvalue weighted by Gasteiger charge is -2.13. The van der Waals surface area contributed by atoms with Gasteiger partial charge in [-0.25, -0.2) is 0 Å². The van der Waals surface area contributed by atoms with Gasteiger partial charge in [0.25, 0.3) is 11.5 Å². The Bertz CT molecular complexity index is 1440. The number of carbonyl (C=O) groups is 1. The Morgan fingerprint density at radius 3 is 2.50 bits per heavy atom. The van der Waals surface area contributed by atoms with Crippen molar-refractivity contribution in [1.29, 1.82) is 0 Å². The van der Waals surface area contributed by atoms with Crippen LogP contribution in [0.4, 0.5) is 5.69 Å². The molecule has 0 saturated carbocycles. The summed E-state index contributed by atoms with van der Waals surface area (Å²) in [7, 11) is 1.53. The normalized spacial score (nSPS) is 11.0. The van der Waals surface area contributed by atoms with Crippen molar-refractivity contribution in [3.05, 3.63) is 55.6 Å². The molecule has 0 aliphatic heterocycles. The van der Waals surface area contributed by atoms with Gasteiger partial charge in [-0.15, -0.1) is 0 Å². The molecule has 4 aromatic rings.